The maximum Gasteiger partial charge on any atom is 0.266 e. The summed E-state index contributed by atoms with van der Waals surface area (Å²) in [4.78, 5) is 23.6. The van der Waals surface area contributed by atoms with Gasteiger partial charge in [-0.15, -0.1) is 0 Å². The van der Waals surface area contributed by atoms with Crippen molar-refractivity contribution in [2.75, 3.05) is 11.9 Å². The van der Waals surface area contributed by atoms with Crippen molar-refractivity contribution < 1.29 is 19.4 Å². The van der Waals surface area contributed by atoms with Crippen LogP contribution in [0.4, 0.5) is 5.69 Å². The van der Waals surface area contributed by atoms with Crippen molar-refractivity contribution in [3.8, 4) is 17.5 Å². The molecule has 3 rings (SSSR count). The van der Waals surface area contributed by atoms with Gasteiger partial charge in [0.2, 0.25) is 0 Å². The van der Waals surface area contributed by atoms with Crippen molar-refractivity contribution in [3.63, 3.8) is 0 Å². The molecule has 0 atom stereocenters. The number of nitriles is 1. The van der Waals surface area contributed by atoms with E-state index < -0.39 is 11.9 Å². The molecular weight excluding hydrogens is 406 g/mol. The monoisotopic (exact) mass is 428 g/mol. The lowest BCUT2D eigenvalue weighted by Crippen LogP contribution is -2.22. The minimum absolute atomic E-state index is 0.0357. The molecular formula is C25H22N3O4-. The molecule has 7 nitrogen and oxygen atoms in total. The summed E-state index contributed by atoms with van der Waals surface area (Å²) < 4.78 is 7.30. The lowest BCUT2D eigenvalue weighted by atomic mass is 10.1. The van der Waals surface area contributed by atoms with Gasteiger partial charge in [-0.2, -0.15) is 5.26 Å². The van der Waals surface area contributed by atoms with Crippen LogP contribution < -0.4 is 15.2 Å². The Labute approximate surface area is 186 Å². The molecule has 2 aromatic carbocycles. The largest absolute Gasteiger partial charge is 0.545 e. The zero-order valence-corrected chi connectivity index (χ0v) is 18.0. The first-order chi connectivity index (χ1) is 15.3. The Morgan fingerprint density at radius 2 is 1.78 bits per heavy atom. The average molecular weight is 428 g/mol. The lowest BCUT2D eigenvalue weighted by molar-refractivity contribution is -0.255. The van der Waals surface area contributed by atoms with Crippen molar-refractivity contribution in [2.45, 2.75) is 20.8 Å². The summed E-state index contributed by atoms with van der Waals surface area (Å²) in [5, 5.41) is 23.2. The third-order valence-corrected chi connectivity index (χ3v) is 4.92. The number of carbonyl (C=O) groups is 2. The fraction of sp³-hybridized carbons (Fsp3) is 0.160. The standard InChI is InChI=1S/C25H23N3O4/c1-4-32-23-11-7-21(8-12-23)27-24(29)20(15-26)14-19-13-16(2)28(17(19)3)22-9-5-18(6-10-22)25(30)31/h5-14H,4H2,1-3H3,(H,27,29)(H,30,31)/p-1. The third kappa shape index (κ3) is 4.87. The number of carboxylic acid groups (broad SMARTS) is 1. The number of carboxylic acids is 1. The van der Waals surface area contributed by atoms with Crippen molar-refractivity contribution in [3.05, 3.63) is 82.7 Å². The second-order valence-electron chi connectivity index (χ2n) is 7.08. The number of nitrogens with one attached hydrogen (secondary N) is 1. The Morgan fingerprint density at radius 3 is 2.34 bits per heavy atom. The average Bonchev–Trinajstić information content (AvgIpc) is 3.06. The Hall–Kier alpha value is -4.31. The van der Waals surface area contributed by atoms with Gasteiger partial charge in [0.05, 0.1) is 12.6 Å². The molecule has 1 aromatic heterocycles. The van der Waals surface area contributed by atoms with E-state index in [9.17, 15) is 20.0 Å². The van der Waals surface area contributed by atoms with E-state index in [-0.39, 0.29) is 11.1 Å². The number of anilines is 1. The van der Waals surface area contributed by atoms with Gasteiger partial charge in [-0.25, -0.2) is 0 Å². The number of hydrogen-bond donors (Lipinski definition) is 1. The van der Waals surface area contributed by atoms with Gasteiger partial charge in [0.15, 0.2) is 0 Å². The Bertz CT molecular complexity index is 1210. The first-order valence-electron chi connectivity index (χ1n) is 10.0. The summed E-state index contributed by atoms with van der Waals surface area (Å²) in [5.41, 5.74) is 3.77. The molecule has 1 N–H and O–H groups in total. The zero-order chi connectivity index (χ0) is 23.3. The molecule has 1 heterocycles. The van der Waals surface area contributed by atoms with Crippen LogP contribution in [0.2, 0.25) is 0 Å². The van der Waals surface area contributed by atoms with Gasteiger partial charge in [-0.05, 0) is 80.4 Å². The van der Waals surface area contributed by atoms with E-state index in [2.05, 4.69) is 5.32 Å². The molecule has 0 aliphatic heterocycles. The summed E-state index contributed by atoms with van der Waals surface area (Å²) in [6.45, 7) is 6.19. The highest BCUT2D eigenvalue weighted by Gasteiger charge is 2.14. The third-order valence-electron chi connectivity index (χ3n) is 4.92. The van der Waals surface area contributed by atoms with Crippen molar-refractivity contribution in [1.82, 2.24) is 4.57 Å². The van der Waals surface area contributed by atoms with E-state index in [4.69, 9.17) is 4.74 Å². The maximum atomic E-state index is 12.6. The van der Waals surface area contributed by atoms with Crippen molar-refractivity contribution >= 4 is 23.6 Å². The van der Waals surface area contributed by atoms with E-state index in [1.54, 1.807) is 36.4 Å². The Balaban J connectivity index is 1.85. The highest BCUT2D eigenvalue weighted by molar-refractivity contribution is 6.09. The summed E-state index contributed by atoms with van der Waals surface area (Å²) in [6, 6.07) is 17.0. The number of rotatable bonds is 7. The van der Waals surface area contributed by atoms with Gasteiger partial charge in [0.25, 0.3) is 5.91 Å². The predicted molar refractivity (Wildman–Crippen MR) is 119 cm³/mol. The van der Waals surface area contributed by atoms with Crippen LogP contribution >= 0.6 is 0 Å². The Morgan fingerprint density at radius 1 is 1.12 bits per heavy atom. The van der Waals surface area contributed by atoms with Crippen LogP contribution in [0.1, 0.15) is 34.2 Å². The zero-order valence-electron chi connectivity index (χ0n) is 18.0. The molecule has 32 heavy (non-hydrogen) atoms. The summed E-state index contributed by atoms with van der Waals surface area (Å²) >= 11 is 0. The molecule has 162 valence electrons. The molecule has 7 heteroatoms. The molecule has 0 saturated heterocycles. The van der Waals surface area contributed by atoms with Crippen molar-refractivity contribution in [1.29, 1.82) is 5.26 Å². The number of aromatic carboxylic acids is 1. The Kier molecular flexibility index (Phi) is 6.76. The minimum Gasteiger partial charge on any atom is -0.545 e. The number of amides is 1. The van der Waals surface area contributed by atoms with Crippen LogP contribution in [-0.2, 0) is 4.79 Å². The number of ether oxygens (including phenoxy) is 1. The number of nitrogens with zero attached hydrogens (tertiary/aromatic N) is 2. The molecule has 0 unspecified atom stereocenters. The molecule has 0 fully saturated rings. The molecule has 0 aliphatic rings. The van der Waals surface area contributed by atoms with Crippen LogP contribution in [0.5, 0.6) is 5.75 Å². The van der Waals surface area contributed by atoms with Gasteiger partial charge in [0.1, 0.15) is 17.4 Å². The van der Waals surface area contributed by atoms with E-state index in [1.165, 1.54) is 18.2 Å². The fourth-order valence-electron chi connectivity index (χ4n) is 3.38. The highest BCUT2D eigenvalue weighted by atomic mass is 16.5. The van der Waals surface area contributed by atoms with Crippen LogP contribution in [0.25, 0.3) is 11.8 Å². The summed E-state index contributed by atoms with van der Waals surface area (Å²) in [5.74, 6) is -1.06. The lowest BCUT2D eigenvalue weighted by Gasteiger charge is -2.11. The van der Waals surface area contributed by atoms with Gasteiger partial charge in [-0.3, -0.25) is 4.79 Å². The summed E-state index contributed by atoms with van der Waals surface area (Å²) in [6.07, 6.45) is 1.54. The number of hydrogen-bond acceptors (Lipinski definition) is 5. The highest BCUT2D eigenvalue weighted by Crippen LogP contribution is 2.24. The van der Waals surface area contributed by atoms with E-state index in [0.29, 0.717) is 23.6 Å². The topological polar surface area (TPSA) is 107 Å². The van der Waals surface area contributed by atoms with Crippen LogP contribution in [-0.4, -0.2) is 23.1 Å². The minimum atomic E-state index is -1.24. The first-order valence-corrected chi connectivity index (χ1v) is 10.0. The molecule has 3 aromatic rings. The fourth-order valence-corrected chi connectivity index (χ4v) is 3.38. The molecule has 1 amide bonds. The smallest absolute Gasteiger partial charge is 0.266 e. The SMILES string of the molecule is CCOc1ccc(NC(=O)C(C#N)=Cc2cc(C)n(-c3ccc(C(=O)[O-])cc3)c2C)cc1. The van der Waals surface area contributed by atoms with Gasteiger partial charge >= 0.3 is 0 Å². The summed E-state index contributed by atoms with van der Waals surface area (Å²) in [7, 11) is 0. The van der Waals surface area contributed by atoms with E-state index in [0.717, 1.165) is 17.1 Å². The number of aryl methyl sites for hydroxylation is 1. The maximum absolute atomic E-state index is 12.6. The molecule has 0 saturated carbocycles. The van der Waals surface area contributed by atoms with Crippen LogP contribution in [0.3, 0.4) is 0 Å². The predicted octanol–water partition coefficient (Wildman–Crippen LogP) is 3.40. The van der Waals surface area contributed by atoms with Gasteiger partial charge < -0.3 is 24.5 Å². The number of benzene rings is 2. The van der Waals surface area contributed by atoms with E-state index >= 15 is 0 Å². The molecule has 0 radical (unpaired) electrons. The number of aromatic nitrogens is 1. The number of carbonyl (C=O) groups excluding carboxylic acids is 2. The normalized spacial score (nSPS) is 11.0. The molecule has 0 aliphatic carbocycles. The molecule has 0 spiro atoms. The second kappa shape index (κ2) is 9.67. The van der Waals surface area contributed by atoms with Gasteiger partial charge in [0, 0.05) is 22.8 Å². The first kappa shape index (κ1) is 22.4. The van der Waals surface area contributed by atoms with E-state index in [1.807, 2.05) is 37.5 Å². The quantitative estimate of drug-likeness (QED) is 0.458. The van der Waals surface area contributed by atoms with Crippen LogP contribution in [0.15, 0.2) is 60.2 Å². The van der Waals surface area contributed by atoms with Crippen LogP contribution in [0, 0.1) is 25.2 Å². The second-order valence-corrected chi connectivity index (χ2v) is 7.08. The van der Waals surface area contributed by atoms with Gasteiger partial charge in [-0.1, -0.05) is 12.1 Å². The van der Waals surface area contributed by atoms with Crippen molar-refractivity contribution in [2.24, 2.45) is 0 Å². The molecule has 0 bridgehead atoms.